The van der Waals surface area contributed by atoms with Crippen molar-refractivity contribution in [3.8, 4) is 5.69 Å². The highest BCUT2D eigenvalue weighted by Gasteiger charge is 2.11. The summed E-state index contributed by atoms with van der Waals surface area (Å²) in [6.45, 7) is 1.89. The molecule has 0 saturated carbocycles. The highest BCUT2D eigenvalue weighted by molar-refractivity contribution is 6.30. The molecule has 0 bridgehead atoms. The zero-order valence-corrected chi connectivity index (χ0v) is 12.6. The number of benzene rings is 1. The number of carbonyl (C=O) groups is 1. The van der Waals surface area contributed by atoms with Gasteiger partial charge >= 0.3 is 0 Å². The van der Waals surface area contributed by atoms with Gasteiger partial charge in [-0.2, -0.15) is 5.10 Å². The number of halogens is 1. The maximum absolute atomic E-state index is 12.3. The quantitative estimate of drug-likeness (QED) is 0.805. The molecule has 3 aromatic rings. The van der Waals surface area contributed by atoms with E-state index in [0.29, 0.717) is 10.6 Å². The van der Waals surface area contributed by atoms with E-state index in [0.717, 1.165) is 16.9 Å². The van der Waals surface area contributed by atoms with Gasteiger partial charge in [0.2, 0.25) is 0 Å². The fourth-order valence-corrected chi connectivity index (χ4v) is 2.19. The fraction of sp³-hybridized carbons (Fsp3) is 0.0625. The van der Waals surface area contributed by atoms with Crippen molar-refractivity contribution in [3.63, 3.8) is 0 Å². The first kappa shape index (κ1) is 14.3. The van der Waals surface area contributed by atoms with Gasteiger partial charge in [-0.15, -0.1) is 0 Å². The number of amides is 1. The van der Waals surface area contributed by atoms with E-state index in [9.17, 15) is 4.79 Å². The van der Waals surface area contributed by atoms with Gasteiger partial charge in [0.1, 0.15) is 0 Å². The predicted octanol–water partition coefficient (Wildman–Crippen LogP) is 3.48. The second-order valence-corrected chi connectivity index (χ2v) is 5.23. The van der Waals surface area contributed by atoms with E-state index in [-0.39, 0.29) is 5.91 Å². The highest BCUT2D eigenvalue weighted by atomic mass is 35.5. The van der Waals surface area contributed by atoms with Crippen molar-refractivity contribution in [1.82, 2.24) is 14.8 Å². The van der Waals surface area contributed by atoms with E-state index in [1.54, 1.807) is 41.5 Å². The average molecular weight is 313 g/mol. The van der Waals surface area contributed by atoms with Crippen LogP contribution in [0.2, 0.25) is 5.02 Å². The zero-order chi connectivity index (χ0) is 15.5. The van der Waals surface area contributed by atoms with Crippen LogP contribution in [0.3, 0.4) is 0 Å². The molecule has 0 saturated heterocycles. The molecule has 2 heterocycles. The number of aryl methyl sites for hydroxylation is 1. The lowest BCUT2D eigenvalue weighted by molar-refractivity contribution is 0.102. The molecule has 1 N–H and O–H groups in total. The Labute approximate surface area is 132 Å². The molecule has 1 amide bonds. The zero-order valence-electron chi connectivity index (χ0n) is 11.8. The van der Waals surface area contributed by atoms with E-state index < -0.39 is 0 Å². The molecule has 0 radical (unpaired) electrons. The van der Waals surface area contributed by atoms with Gasteiger partial charge in [-0.3, -0.25) is 9.78 Å². The molecule has 0 atom stereocenters. The van der Waals surface area contributed by atoms with E-state index in [2.05, 4.69) is 15.4 Å². The molecule has 0 aliphatic carbocycles. The fourth-order valence-electron chi connectivity index (χ4n) is 2.01. The minimum Gasteiger partial charge on any atom is -0.322 e. The van der Waals surface area contributed by atoms with Crippen LogP contribution < -0.4 is 5.32 Å². The van der Waals surface area contributed by atoms with E-state index in [1.165, 1.54) is 6.20 Å². The molecule has 1 aromatic carbocycles. The molecule has 6 heteroatoms. The van der Waals surface area contributed by atoms with Crippen molar-refractivity contribution >= 4 is 23.2 Å². The number of hydrogen-bond donors (Lipinski definition) is 1. The molecule has 0 spiro atoms. The lowest BCUT2D eigenvalue weighted by Gasteiger charge is -2.06. The Bertz CT molecular complexity index is 828. The summed E-state index contributed by atoms with van der Waals surface area (Å²) < 4.78 is 1.61. The third-order valence-corrected chi connectivity index (χ3v) is 3.42. The number of nitrogens with zero attached hydrogens (tertiary/aromatic N) is 3. The number of hydrogen-bond acceptors (Lipinski definition) is 3. The van der Waals surface area contributed by atoms with Crippen LogP contribution in [0.5, 0.6) is 0 Å². The first-order chi connectivity index (χ1) is 10.6. The number of aromatic nitrogens is 3. The van der Waals surface area contributed by atoms with Crippen LogP contribution in [-0.4, -0.2) is 20.7 Å². The van der Waals surface area contributed by atoms with Crippen molar-refractivity contribution in [3.05, 3.63) is 71.3 Å². The number of nitrogens with one attached hydrogen (secondary N) is 1. The van der Waals surface area contributed by atoms with Crippen LogP contribution in [0.25, 0.3) is 5.69 Å². The Hall–Kier alpha value is -2.66. The molecular formula is C16H13ClN4O. The lowest BCUT2D eigenvalue weighted by Crippen LogP contribution is -2.12. The van der Waals surface area contributed by atoms with Gasteiger partial charge in [0.25, 0.3) is 5.91 Å². The molecule has 22 heavy (non-hydrogen) atoms. The molecule has 2 aromatic heterocycles. The van der Waals surface area contributed by atoms with E-state index >= 15 is 0 Å². The van der Waals surface area contributed by atoms with Gasteiger partial charge < -0.3 is 5.32 Å². The molecule has 5 nitrogen and oxygen atoms in total. The van der Waals surface area contributed by atoms with Crippen LogP contribution in [0, 0.1) is 6.92 Å². The third kappa shape index (κ3) is 2.99. The van der Waals surface area contributed by atoms with Crippen LogP contribution >= 0.6 is 11.6 Å². The smallest absolute Gasteiger partial charge is 0.258 e. The molecule has 0 unspecified atom stereocenters. The summed E-state index contributed by atoms with van der Waals surface area (Å²) in [7, 11) is 0. The number of carbonyl (C=O) groups excluding carboxylic acids is 1. The molecular weight excluding hydrogens is 300 g/mol. The summed E-state index contributed by atoms with van der Waals surface area (Å²) in [4.78, 5) is 16.3. The molecule has 0 fully saturated rings. The molecule has 3 rings (SSSR count). The van der Waals surface area contributed by atoms with Gasteiger partial charge in [0, 0.05) is 29.3 Å². The largest absolute Gasteiger partial charge is 0.322 e. The van der Waals surface area contributed by atoms with Crippen LogP contribution in [0.4, 0.5) is 5.69 Å². The Balaban J connectivity index is 1.82. The number of anilines is 1. The molecule has 0 aliphatic rings. The highest BCUT2D eigenvalue weighted by Crippen LogP contribution is 2.16. The minimum absolute atomic E-state index is 0.220. The normalized spacial score (nSPS) is 10.5. The minimum atomic E-state index is -0.220. The number of pyridine rings is 1. The summed E-state index contributed by atoms with van der Waals surface area (Å²) in [5.41, 5.74) is 2.90. The average Bonchev–Trinajstić information content (AvgIpc) is 2.99. The summed E-state index contributed by atoms with van der Waals surface area (Å²) in [5.74, 6) is -0.220. The van der Waals surface area contributed by atoms with Crippen molar-refractivity contribution in [2.75, 3.05) is 5.32 Å². The second kappa shape index (κ2) is 5.99. The molecule has 0 aliphatic heterocycles. The predicted molar refractivity (Wildman–Crippen MR) is 85.5 cm³/mol. The lowest BCUT2D eigenvalue weighted by atomic mass is 10.2. The maximum atomic E-state index is 12.3. The topological polar surface area (TPSA) is 59.8 Å². The molecule has 110 valence electrons. The first-order valence-electron chi connectivity index (χ1n) is 6.66. The van der Waals surface area contributed by atoms with Gasteiger partial charge in [0.05, 0.1) is 17.4 Å². The monoisotopic (exact) mass is 312 g/mol. The van der Waals surface area contributed by atoms with Crippen molar-refractivity contribution in [1.29, 1.82) is 0 Å². The van der Waals surface area contributed by atoms with Gasteiger partial charge in [0.15, 0.2) is 0 Å². The summed E-state index contributed by atoms with van der Waals surface area (Å²) in [5, 5.41) is 7.66. The van der Waals surface area contributed by atoms with Crippen molar-refractivity contribution < 1.29 is 4.79 Å². The number of rotatable bonds is 3. The van der Waals surface area contributed by atoms with Crippen molar-refractivity contribution in [2.24, 2.45) is 0 Å². The summed E-state index contributed by atoms with van der Waals surface area (Å²) in [6, 6.07) is 9.03. The standard InChI is InChI=1S/C16H13ClN4O/c1-11-8-18-6-5-15(11)20-16(22)12-9-19-21(10-12)14-4-2-3-13(17)7-14/h2-10H,1H3,(H,18,20,22). The van der Waals surface area contributed by atoms with Gasteiger partial charge in [-0.1, -0.05) is 17.7 Å². The van der Waals surface area contributed by atoms with Crippen LogP contribution in [-0.2, 0) is 0 Å². The van der Waals surface area contributed by atoms with Crippen molar-refractivity contribution in [2.45, 2.75) is 6.92 Å². The summed E-state index contributed by atoms with van der Waals surface area (Å²) in [6.07, 6.45) is 6.52. The maximum Gasteiger partial charge on any atom is 0.258 e. The Kier molecular flexibility index (Phi) is 3.89. The Morgan fingerprint density at radius 2 is 2.14 bits per heavy atom. The Morgan fingerprint density at radius 3 is 2.91 bits per heavy atom. The second-order valence-electron chi connectivity index (χ2n) is 4.80. The van der Waals surface area contributed by atoms with E-state index in [4.69, 9.17) is 11.6 Å². The first-order valence-corrected chi connectivity index (χ1v) is 7.04. The van der Waals surface area contributed by atoms with Gasteiger partial charge in [-0.25, -0.2) is 4.68 Å². The van der Waals surface area contributed by atoms with Crippen LogP contribution in [0.15, 0.2) is 55.1 Å². The summed E-state index contributed by atoms with van der Waals surface area (Å²) >= 11 is 5.96. The third-order valence-electron chi connectivity index (χ3n) is 3.19. The van der Waals surface area contributed by atoms with Crippen LogP contribution in [0.1, 0.15) is 15.9 Å². The SMILES string of the molecule is Cc1cnccc1NC(=O)c1cnn(-c2cccc(Cl)c2)c1. The van der Waals surface area contributed by atoms with E-state index in [1.807, 2.05) is 19.1 Å². The Morgan fingerprint density at radius 1 is 1.27 bits per heavy atom. The van der Waals surface area contributed by atoms with Gasteiger partial charge in [-0.05, 0) is 36.8 Å².